The highest BCUT2D eigenvalue weighted by molar-refractivity contribution is 6.06. The molecule has 7 rings (SSSR count). The van der Waals surface area contributed by atoms with Gasteiger partial charge in [-0.3, -0.25) is 19.4 Å². The summed E-state index contributed by atoms with van der Waals surface area (Å²) in [5.74, 6) is -0.804. The Morgan fingerprint density at radius 1 is 0.825 bits per heavy atom. The fourth-order valence-electron chi connectivity index (χ4n) is 7.52. The fraction of sp³-hybridized carbons (Fsp3) is 0.298. The van der Waals surface area contributed by atoms with E-state index in [0.29, 0.717) is 6.54 Å². The molecule has 57 heavy (non-hydrogen) atoms. The van der Waals surface area contributed by atoms with Crippen LogP contribution >= 0.6 is 0 Å². The zero-order valence-corrected chi connectivity index (χ0v) is 32.5. The predicted octanol–water partition coefficient (Wildman–Crippen LogP) is 7.88. The van der Waals surface area contributed by atoms with Crippen molar-refractivity contribution < 1.29 is 33.7 Å². The number of hydrogen-bond acceptors (Lipinski definition) is 8. The number of aliphatic hydroxyl groups is 1. The molecule has 5 aromatic rings. The molecule has 1 unspecified atom stereocenters. The molecule has 0 saturated carbocycles. The van der Waals surface area contributed by atoms with Gasteiger partial charge in [0.15, 0.2) is 6.29 Å². The summed E-state index contributed by atoms with van der Waals surface area (Å²) in [5, 5.41) is 12.2. The van der Waals surface area contributed by atoms with Crippen molar-refractivity contribution in [2.45, 2.75) is 70.6 Å². The zero-order valence-electron chi connectivity index (χ0n) is 32.5. The van der Waals surface area contributed by atoms with Crippen molar-refractivity contribution >= 4 is 17.9 Å². The molecular formula is C47H49N3O7. The predicted molar refractivity (Wildman–Crippen MR) is 216 cm³/mol. The van der Waals surface area contributed by atoms with Gasteiger partial charge in [0.05, 0.1) is 31.8 Å². The van der Waals surface area contributed by atoms with Crippen LogP contribution in [0.5, 0.6) is 0 Å². The first-order valence-corrected chi connectivity index (χ1v) is 19.4. The number of alkyl carbamates (subject to hydrolysis) is 1. The standard InChI is InChI=1S/C47H49N3O7/c1-31-42(28-49(3)32(2)36-15-8-5-9-16-36)56-46(57-44(31)37-22-20-33(29-51)21-23-37)40-19-11-18-39(25-40)38-17-10-14-35(24-38)27-50-43(52)26-41(45(50)53)48-47(54)55-30-34-12-6-4-7-13-34/h4-25,31-32,41-42,44,46,51H,26-30H2,1-3H3,(H,48,54)/t31-,32+,41?,42+,44+,46+/m1/s1. The van der Waals surface area contributed by atoms with Gasteiger partial charge in [-0.2, -0.15) is 0 Å². The summed E-state index contributed by atoms with van der Waals surface area (Å²) < 4.78 is 18.9. The van der Waals surface area contributed by atoms with Crippen molar-refractivity contribution in [2.75, 3.05) is 13.6 Å². The van der Waals surface area contributed by atoms with Crippen LogP contribution in [0.4, 0.5) is 4.79 Å². The Morgan fingerprint density at radius 2 is 1.49 bits per heavy atom. The van der Waals surface area contributed by atoms with Crippen LogP contribution < -0.4 is 5.32 Å². The third-order valence-electron chi connectivity index (χ3n) is 11.0. The Kier molecular flexibility index (Phi) is 12.6. The molecule has 0 radical (unpaired) electrons. The van der Waals surface area contributed by atoms with E-state index >= 15 is 0 Å². The summed E-state index contributed by atoms with van der Waals surface area (Å²) in [6.07, 6.45) is -1.95. The van der Waals surface area contributed by atoms with Gasteiger partial charge in [-0.1, -0.05) is 128 Å². The van der Waals surface area contributed by atoms with Gasteiger partial charge in [-0.15, -0.1) is 0 Å². The summed E-state index contributed by atoms with van der Waals surface area (Å²) in [6, 6.07) is 42.6. The van der Waals surface area contributed by atoms with Crippen LogP contribution in [-0.2, 0) is 43.6 Å². The van der Waals surface area contributed by atoms with Crippen molar-refractivity contribution in [3.63, 3.8) is 0 Å². The largest absolute Gasteiger partial charge is 0.445 e. The van der Waals surface area contributed by atoms with E-state index in [4.69, 9.17) is 14.2 Å². The smallest absolute Gasteiger partial charge is 0.408 e. The first kappa shape index (κ1) is 39.6. The van der Waals surface area contributed by atoms with Gasteiger partial charge in [0.1, 0.15) is 12.6 Å². The minimum absolute atomic E-state index is 0.0252. The normalized spacial score (nSPS) is 21.4. The highest BCUT2D eigenvalue weighted by Gasteiger charge is 2.41. The number of hydrogen-bond donors (Lipinski definition) is 2. The van der Waals surface area contributed by atoms with Crippen LogP contribution in [0, 0.1) is 5.92 Å². The number of likely N-dealkylation sites (N-methyl/N-ethyl adjacent to an activating group) is 1. The fourth-order valence-corrected chi connectivity index (χ4v) is 7.52. The van der Waals surface area contributed by atoms with Gasteiger partial charge in [0.25, 0.3) is 5.91 Å². The van der Waals surface area contributed by atoms with Crippen molar-refractivity contribution in [3.8, 4) is 11.1 Å². The zero-order chi connectivity index (χ0) is 39.9. The Hall–Kier alpha value is -5.65. The summed E-state index contributed by atoms with van der Waals surface area (Å²) in [7, 11) is 2.12. The summed E-state index contributed by atoms with van der Waals surface area (Å²) in [6.45, 7) is 5.16. The maximum Gasteiger partial charge on any atom is 0.408 e. The van der Waals surface area contributed by atoms with E-state index in [1.54, 1.807) is 0 Å². The number of carbonyl (C=O) groups is 3. The molecule has 0 aliphatic carbocycles. The SMILES string of the molecule is C[C@@H]1[C@H](CN(C)[C@@H](C)c2ccccc2)O[C@H](c2cccc(-c3cccc(CN4C(=O)CC(NC(=O)OCc5ccccc5)C4=O)c3)c2)O[C@@H]1c1ccc(CO)cc1. The molecular weight excluding hydrogens is 719 g/mol. The van der Waals surface area contributed by atoms with Gasteiger partial charge in [0, 0.05) is 24.1 Å². The lowest BCUT2D eigenvalue weighted by Crippen LogP contribution is -2.44. The topological polar surface area (TPSA) is 118 Å². The number of nitrogens with zero attached hydrogens (tertiary/aromatic N) is 2. The monoisotopic (exact) mass is 767 g/mol. The number of aliphatic hydroxyl groups excluding tert-OH is 1. The van der Waals surface area contributed by atoms with Crippen molar-refractivity contribution in [3.05, 3.63) is 167 Å². The molecule has 2 N–H and O–H groups in total. The van der Waals surface area contributed by atoms with Gasteiger partial charge in [0.2, 0.25) is 5.91 Å². The maximum absolute atomic E-state index is 13.3. The number of rotatable bonds is 13. The number of carbonyl (C=O) groups excluding carboxylic acids is 3. The second-order valence-electron chi connectivity index (χ2n) is 15.0. The molecule has 0 spiro atoms. The van der Waals surface area contributed by atoms with E-state index in [9.17, 15) is 19.5 Å². The highest BCUT2D eigenvalue weighted by atomic mass is 16.7. The second-order valence-corrected chi connectivity index (χ2v) is 15.0. The van der Waals surface area contributed by atoms with Crippen molar-refractivity contribution in [1.82, 2.24) is 15.1 Å². The summed E-state index contributed by atoms with van der Waals surface area (Å²) in [4.78, 5) is 42.2. The first-order chi connectivity index (χ1) is 27.7. The van der Waals surface area contributed by atoms with Gasteiger partial charge in [-0.25, -0.2) is 4.79 Å². The molecule has 0 bridgehead atoms. The van der Waals surface area contributed by atoms with Crippen LogP contribution in [-0.4, -0.2) is 58.6 Å². The number of likely N-dealkylation sites (tertiary alicyclic amines) is 1. The molecule has 2 aliphatic rings. The lowest BCUT2D eigenvalue weighted by molar-refractivity contribution is -0.276. The Labute approximate surface area is 334 Å². The van der Waals surface area contributed by atoms with Crippen LogP contribution in [0.1, 0.15) is 72.1 Å². The molecule has 10 nitrogen and oxygen atoms in total. The van der Waals surface area contributed by atoms with Crippen LogP contribution in [0.3, 0.4) is 0 Å². The van der Waals surface area contributed by atoms with Crippen molar-refractivity contribution in [1.29, 1.82) is 0 Å². The lowest BCUT2D eigenvalue weighted by Gasteiger charge is -2.43. The van der Waals surface area contributed by atoms with Gasteiger partial charge in [-0.05, 0) is 65.0 Å². The molecule has 2 heterocycles. The maximum atomic E-state index is 13.3. The minimum atomic E-state index is -0.986. The lowest BCUT2D eigenvalue weighted by atomic mass is 9.89. The van der Waals surface area contributed by atoms with Crippen molar-refractivity contribution in [2.24, 2.45) is 5.92 Å². The van der Waals surface area contributed by atoms with E-state index in [1.807, 2.05) is 103 Å². The molecule has 2 fully saturated rings. The average molecular weight is 768 g/mol. The summed E-state index contributed by atoms with van der Waals surface area (Å²) in [5.41, 5.74) is 7.38. The molecule has 10 heteroatoms. The molecule has 2 aliphatic heterocycles. The third-order valence-corrected chi connectivity index (χ3v) is 11.0. The summed E-state index contributed by atoms with van der Waals surface area (Å²) >= 11 is 0. The van der Waals surface area contributed by atoms with E-state index < -0.39 is 24.3 Å². The Bertz CT molecular complexity index is 2150. The third kappa shape index (κ3) is 9.49. The minimum Gasteiger partial charge on any atom is -0.445 e. The van der Waals surface area contributed by atoms with Crippen LogP contribution in [0.25, 0.3) is 11.1 Å². The molecule has 6 atom stereocenters. The first-order valence-electron chi connectivity index (χ1n) is 19.4. The number of ether oxygens (including phenoxy) is 3. The number of benzene rings is 5. The van der Waals surface area contributed by atoms with E-state index in [0.717, 1.165) is 38.9 Å². The molecule has 3 amide bonds. The number of imide groups is 1. The number of amides is 3. The second kappa shape index (κ2) is 18.1. The molecule has 5 aromatic carbocycles. The quantitative estimate of drug-likeness (QED) is 0.116. The average Bonchev–Trinajstić information content (AvgIpc) is 3.51. The molecule has 0 aromatic heterocycles. The van der Waals surface area contributed by atoms with E-state index in [2.05, 4.69) is 61.4 Å². The molecule has 294 valence electrons. The van der Waals surface area contributed by atoms with E-state index in [-0.39, 0.29) is 56.3 Å². The van der Waals surface area contributed by atoms with Gasteiger partial charge >= 0.3 is 6.09 Å². The Morgan fingerprint density at radius 3 is 2.21 bits per heavy atom. The van der Waals surface area contributed by atoms with Crippen LogP contribution in [0.2, 0.25) is 0 Å². The Balaban J connectivity index is 1.06. The van der Waals surface area contributed by atoms with Gasteiger partial charge < -0.3 is 24.6 Å². The molecule has 2 saturated heterocycles. The number of nitrogens with one attached hydrogen (secondary N) is 1. The van der Waals surface area contributed by atoms with E-state index in [1.165, 1.54) is 10.5 Å². The van der Waals surface area contributed by atoms with Crippen LogP contribution in [0.15, 0.2) is 133 Å². The highest BCUT2D eigenvalue weighted by Crippen LogP contribution is 2.43.